The topological polar surface area (TPSA) is 24.5 Å². The van der Waals surface area contributed by atoms with E-state index in [9.17, 15) is 0 Å². The van der Waals surface area contributed by atoms with Gasteiger partial charge in [-0.25, -0.2) is 0 Å². The van der Waals surface area contributed by atoms with Crippen molar-refractivity contribution in [3.8, 4) is 0 Å². The molecular weight excluding hydrogens is 260 g/mol. The Morgan fingerprint density at radius 2 is 2.05 bits per heavy atom. The second kappa shape index (κ2) is 8.52. The van der Waals surface area contributed by atoms with Crippen molar-refractivity contribution in [1.82, 2.24) is 10.2 Å². The Labute approximate surface area is 129 Å². The molecule has 0 aromatic heterocycles. The number of nitrogens with one attached hydrogen (secondary N) is 1. The molecule has 0 bridgehead atoms. The van der Waals surface area contributed by atoms with Crippen molar-refractivity contribution in [2.45, 2.75) is 32.8 Å². The molecule has 0 saturated carbocycles. The van der Waals surface area contributed by atoms with E-state index in [4.69, 9.17) is 4.74 Å². The van der Waals surface area contributed by atoms with Crippen LogP contribution in [0, 0.1) is 5.92 Å². The number of hydrogen-bond acceptors (Lipinski definition) is 3. The first-order valence-corrected chi connectivity index (χ1v) is 8.30. The first-order chi connectivity index (χ1) is 10.2. The molecule has 2 unspecified atom stereocenters. The number of hydrogen-bond donors (Lipinski definition) is 1. The molecule has 118 valence electrons. The maximum absolute atomic E-state index is 5.85. The second-order valence-corrected chi connectivity index (χ2v) is 6.31. The Morgan fingerprint density at radius 1 is 1.29 bits per heavy atom. The van der Waals surface area contributed by atoms with Gasteiger partial charge in [-0.3, -0.25) is 4.90 Å². The van der Waals surface area contributed by atoms with Crippen LogP contribution >= 0.6 is 0 Å². The van der Waals surface area contributed by atoms with Crippen molar-refractivity contribution < 1.29 is 4.74 Å². The van der Waals surface area contributed by atoms with Gasteiger partial charge in [0.25, 0.3) is 0 Å². The molecule has 1 aliphatic heterocycles. The lowest BCUT2D eigenvalue weighted by atomic mass is 9.88. The van der Waals surface area contributed by atoms with Crippen LogP contribution in [-0.4, -0.2) is 50.3 Å². The lowest BCUT2D eigenvalue weighted by molar-refractivity contribution is -0.0253. The summed E-state index contributed by atoms with van der Waals surface area (Å²) in [7, 11) is 0. The smallest absolute Gasteiger partial charge is 0.0826 e. The van der Waals surface area contributed by atoms with Crippen LogP contribution in [0.25, 0.3) is 0 Å². The van der Waals surface area contributed by atoms with Gasteiger partial charge in [-0.15, -0.1) is 0 Å². The molecule has 21 heavy (non-hydrogen) atoms. The standard InChI is InChI=1S/C18H30N2O/c1-4-20-10-11-21-17(14-20)12-19-13-18(15(2)3)16-8-6-5-7-9-16/h5-9,15,17-19H,4,10-14H2,1-3H3. The van der Waals surface area contributed by atoms with Crippen LogP contribution in [0.15, 0.2) is 30.3 Å². The Hall–Kier alpha value is -0.900. The average Bonchev–Trinajstić information content (AvgIpc) is 2.52. The van der Waals surface area contributed by atoms with Crippen molar-refractivity contribution in [2.24, 2.45) is 5.92 Å². The van der Waals surface area contributed by atoms with Gasteiger partial charge in [-0.2, -0.15) is 0 Å². The molecule has 0 aliphatic carbocycles. The van der Waals surface area contributed by atoms with Gasteiger partial charge in [0.05, 0.1) is 12.7 Å². The monoisotopic (exact) mass is 290 g/mol. The van der Waals surface area contributed by atoms with E-state index in [1.165, 1.54) is 5.56 Å². The van der Waals surface area contributed by atoms with E-state index < -0.39 is 0 Å². The fourth-order valence-electron chi connectivity index (χ4n) is 3.03. The normalized spacial score (nSPS) is 21.6. The van der Waals surface area contributed by atoms with Gasteiger partial charge in [-0.05, 0) is 23.9 Å². The number of morpholine rings is 1. The zero-order valence-electron chi connectivity index (χ0n) is 13.7. The van der Waals surface area contributed by atoms with E-state index in [1.807, 2.05) is 0 Å². The van der Waals surface area contributed by atoms with Crippen molar-refractivity contribution >= 4 is 0 Å². The average molecular weight is 290 g/mol. The molecule has 1 heterocycles. The third kappa shape index (κ3) is 5.10. The predicted molar refractivity (Wildman–Crippen MR) is 88.7 cm³/mol. The lowest BCUT2D eigenvalue weighted by Crippen LogP contribution is -2.47. The summed E-state index contributed by atoms with van der Waals surface area (Å²) in [5.74, 6) is 1.20. The van der Waals surface area contributed by atoms with Gasteiger partial charge in [0.2, 0.25) is 0 Å². The summed E-state index contributed by atoms with van der Waals surface area (Å²) < 4.78 is 5.85. The van der Waals surface area contributed by atoms with Crippen molar-refractivity contribution in [3.63, 3.8) is 0 Å². The van der Waals surface area contributed by atoms with E-state index >= 15 is 0 Å². The highest BCUT2D eigenvalue weighted by Crippen LogP contribution is 2.23. The molecule has 1 aliphatic rings. The van der Waals surface area contributed by atoms with Gasteiger partial charge in [0.15, 0.2) is 0 Å². The Balaban J connectivity index is 1.80. The zero-order valence-corrected chi connectivity index (χ0v) is 13.7. The number of likely N-dealkylation sites (N-methyl/N-ethyl adjacent to an activating group) is 1. The summed E-state index contributed by atoms with van der Waals surface area (Å²) in [5.41, 5.74) is 1.43. The second-order valence-electron chi connectivity index (χ2n) is 6.31. The quantitative estimate of drug-likeness (QED) is 0.835. The summed E-state index contributed by atoms with van der Waals surface area (Å²) in [5, 5.41) is 3.63. The zero-order chi connectivity index (χ0) is 15.1. The summed E-state index contributed by atoms with van der Waals surface area (Å²) in [4.78, 5) is 2.47. The van der Waals surface area contributed by atoms with Crippen LogP contribution < -0.4 is 5.32 Å². The summed E-state index contributed by atoms with van der Waals surface area (Å²) >= 11 is 0. The van der Waals surface area contributed by atoms with Crippen LogP contribution in [0.2, 0.25) is 0 Å². The van der Waals surface area contributed by atoms with Gasteiger partial charge >= 0.3 is 0 Å². The van der Waals surface area contributed by atoms with Crippen LogP contribution in [0.5, 0.6) is 0 Å². The molecule has 0 spiro atoms. The van der Waals surface area contributed by atoms with Crippen LogP contribution in [0.1, 0.15) is 32.3 Å². The molecule has 2 atom stereocenters. The number of benzene rings is 1. The van der Waals surface area contributed by atoms with Gasteiger partial charge in [0, 0.05) is 26.2 Å². The molecule has 1 aromatic rings. The van der Waals surface area contributed by atoms with E-state index in [2.05, 4.69) is 61.3 Å². The van der Waals surface area contributed by atoms with E-state index in [1.54, 1.807) is 0 Å². The van der Waals surface area contributed by atoms with Gasteiger partial charge in [-0.1, -0.05) is 51.1 Å². The molecule has 1 fully saturated rings. The summed E-state index contributed by atoms with van der Waals surface area (Å²) in [6, 6.07) is 10.8. The Kier molecular flexibility index (Phi) is 6.68. The van der Waals surface area contributed by atoms with E-state index in [0.29, 0.717) is 17.9 Å². The molecule has 3 nitrogen and oxygen atoms in total. The fourth-order valence-corrected chi connectivity index (χ4v) is 3.03. The number of nitrogens with zero attached hydrogens (tertiary/aromatic N) is 1. The maximum Gasteiger partial charge on any atom is 0.0826 e. The van der Waals surface area contributed by atoms with Gasteiger partial charge < -0.3 is 10.1 Å². The van der Waals surface area contributed by atoms with Crippen molar-refractivity contribution in [2.75, 3.05) is 39.3 Å². The third-order valence-corrected chi connectivity index (χ3v) is 4.44. The Bertz CT molecular complexity index is 393. The maximum atomic E-state index is 5.85. The van der Waals surface area contributed by atoms with E-state index in [0.717, 1.165) is 39.3 Å². The highest BCUT2D eigenvalue weighted by atomic mass is 16.5. The largest absolute Gasteiger partial charge is 0.374 e. The highest BCUT2D eigenvalue weighted by molar-refractivity contribution is 5.20. The molecule has 0 amide bonds. The molecule has 0 radical (unpaired) electrons. The molecule has 3 heteroatoms. The number of ether oxygens (including phenoxy) is 1. The molecule has 1 saturated heterocycles. The van der Waals surface area contributed by atoms with Crippen LogP contribution in [0.4, 0.5) is 0 Å². The van der Waals surface area contributed by atoms with E-state index in [-0.39, 0.29) is 0 Å². The summed E-state index contributed by atoms with van der Waals surface area (Å²) in [6.45, 7) is 12.9. The van der Waals surface area contributed by atoms with Crippen molar-refractivity contribution in [1.29, 1.82) is 0 Å². The third-order valence-electron chi connectivity index (χ3n) is 4.44. The Morgan fingerprint density at radius 3 is 2.71 bits per heavy atom. The first-order valence-electron chi connectivity index (χ1n) is 8.30. The lowest BCUT2D eigenvalue weighted by Gasteiger charge is -2.32. The minimum Gasteiger partial charge on any atom is -0.374 e. The SMILES string of the molecule is CCN1CCOC(CNCC(c2ccccc2)C(C)C)C1. The molecule has 1 aromatic carbocycles. The highest BCUT2D eigenvalue weighted by Gasteiger charge is 2.20. The van der Waals surface area contributed by atoms with Gasteiger partial charge in [0.1, 0.15) is 0 Å². The molecule has 1 N–H and O–H groups in total. The summed E-state index contributed by atoms with van der Waals surface area (Å²) in [6.07, 6.45) is 0.335. The predicted octanol–water partition coefficient (Wildman–Crippen LogP) is 2.74. The minimum absolute atomic E-state index is 0.335. The minimum atomic E-state index is 0.335. The number of rotatable bonds is 7. The molecular formula is C18H30N2O. The van der Waals surface area contributed by atoms with Crippen molar-refractivity contribution in [3.05, 3.63) is 35.9 Å². The molecule has 2 rings (SSSR count). The van der Waals surface area contributed by atoms with Crippen LogP contribution in [-0.2, 0) is 4.74 Å². The fraction of sp³-hybridized carbons (Fsp3) is 0.667. The van der Waals surface area contributed by atoms with Crippen LogP contribution in [0.3, 0.4) is 0 Å². The first kappa shape index (κ1) is 16.5.